The van der Waals surface area contributed by atoms with Crippen LogP contribution in [0.4, 0.5) is 0 Å². The molecular formula is C27H36N6O3. The predicted octanol–water partition coefficient (Wildman–Crippen LogP) is 3.72. The Labute approximate surface area is 212 Å². The van der Waals surface area contributed by atoms with E-state index in [1.54, 1.807) is 21.3 Å². The molecule has 2 aromatic carbocycles. The fourth-order valence-electron chi connectivity index (χ4n) is 5.59. The van der Waals surface area contributed by atoms with Crippen molar-refractivity contribution >= 4 is 0 Å². The average Bonchev–Trinajstić information content (AvgIpc) is 3.62. The van der Waals surface area contributed by atoms with E-state index in [0.717, 1.165) is 74.2 Å². The molecule has 1 saturated carbocycles. The Morgan fingerprint density at radius 2 is 1.58 bits per heavy atom. The van der Waals surface area contributed by atoms with Crippen molar-refractivity contribution < 1.29 is 14.2 Å². The largest absolute Gasteiger partial charge is 0.496 e. The lowest BCUT2D eigenvalue weighted by Gasteiger charge is -2.39. The van der Waals surface area contributed by atoms with E-state index in [9.17, 15) is 0 Å². The van der Waals surface area contributed by atoms with Gasteiger partial charge in [-0.05, 0) is 47.0 Å². The topological polar surface area (TPSA) is 77.8 Å². The van der Waals surface area contributed by atoms with Crippen molar-refractivity contribution in [3.05, 3.63) is 59.4 Å². The molecule has 1 aromatic heterocycles. The highest BCUT2D eigenvalue weighted by Crippen LogP contribution is 2.37. The van der Waals surface area contributed by atoms with Gasteiger partial charge in [-0.15, -0.1) is 5.10 Å². The first-order valence-corrected chi connectivity index (χ1v) is 12.8. The summed E-state index contributed by atoms with van der Waals surface area (Å²) >= 11 is 0. The second-order valence-corrected chi connectivity index (χ2v) is 9.56. The normalized spacial score (nSPS) is 18.3. The van der Waals surface area contributed by atoms with Crippen LogP contribution in [-0.4, -0.2) is 77.5 Å². The number of tetrazole rings is 1. The molecule has 5 rings (SSSR count). The van der Waals surface area contributed by atoms with Gasteiger partial charge in [-0.1, -0.05) is 37.1 Å². The molecule has 0 bridgehead atoms. The Morgan fingerprint density at radius 1 is 0.861 bits per heavy atom. The molecule has 1 atom stereocenters. The van der Waals surface area contributed by atoms with Gasteiger partial charge in [-0.2, -0.15) is 0 Å². The van der Waals surface area contributed by atoms with Crippen LogP contribution >= 0.6 is 0 Å². The number of piperazine rings is 1. The van der Waals surface area contributed by atoms with Crippen LogP contribution in [0, 0.1) is 0 Å². The third kappa shape index (κ3) is 5.03. The van der Waals surface area contributed by atoms with Gasteiger partial charge in [0.15, 0.2) is 17.3 Å². The first kappa shape index (κ1) is 24.5. The molecule has 1 saturated heterocycles. The highest BCUT2D eigenvalue weighted by molar-refractivity contribution is 5.45. The van der Waals surface area contributed by atoms with Crippen LogP contribution in [-0.2, 0) is 6.54 Å². The standard InChI is InChI=1S/C27H36N6O3/c1-34-23-11-7-4-8-21(23)19-31-14-16-32(17-15-31)26(20-12-13-24(35-2)25(18-20)36-3)27-28-29-30-33(27)22-9-5-6-10-22/h4,7-8,11-13,18,22,26H,5-6,9-10,14-17,19H2,1-3H3/t26-/m0/s1. The monoisotopic (exact) mass is 492 g/mol. The van der Waals surface area contributed by atoms with E-state index < -0.39 is 0 Å². The summed E-state index contributed by atoms with van der Waals surface area (Å²) in [5.41, 5.74) is 2.33. The Kier molecular flexibility index (Phi) is 7.67. The zero-order valence-corrected chi connectivity index (χ0v) is 21.5. The molecular weight excluding hydrogens is 456 g/mol. The first-order chi connectivity index (χ1) is 17.7. The van der Waals surface area contributed by atoms with Gasteiger partial charge in [0.2, 0.25) is 0 Å². The van der Waals surface area contributed by atoms with E-state index in [1.165, 1.54) is 18.4 Å². The first-order valence-electron chi connectivity index (χ1n) is 12.8. The summed E-state index contributed by atoms with van der Waals surface area (Å²) in [5, 5.41) is 13.2. The zero-order valence-electron chi connectivity index (χ0n) is 21.5. The van der Waals surface area contributed by atoms with Crippen LogP contribution in [0.25, 0.3) is 0 Å². The van der Waals surface area contributed by atoms with E-state index in [0.29, 0.717) is 6.04 Å². The Bertz CT molecular complexity index is 1140. The van der Waals surface area contributed by atoms with Gasteiger partial charge in [0.25, 0.3) is 0 Å². The van der Waals surface area contributed by atoms with Gasteiger partial charge < -0.3 is 14.2 Å². The molecule has 9 nitrogen and oxygen atoms in total. The lowest BCUT2D eigenvalue weighted by atomic mass is 10.0. The summed E-state index contributed by atoms with van der Waals surface area (Å²) in [6, 6.07) is 14.7. The Balaban J connectivity index is 1.41. The van der Waals surface area contributed by atoms with Gasteiger partial charge in [0, 0.05) is 38.3 Å². The lowest BCUT2D eigenvalue weighted by molar-refractivity contribution is 0.0986. The molecule has 2 aliphatic rings. The predicted molar refractivity (Wildman–Crippen MR) is 137 cm³/mol. The number of hydrogen-bond donors (Lipinski definition) is 0. The van der Waals surface area contributed by atoms with Gasteiger partial charge in [-0.25, -0.2) is 4.68 Å². The highest BCUT2D eigenvalue weighted by Gasteiger charge is 2.33. The van der Waals surface area contributed by atoms with E-state index in [2.05, 4.69) is 54.3 Å². The maximum Gasteiger partial charge on any atom is 0.173 e. The minimum Gasteiger partial charge on any atom is -0.496 e. The van der Waals surface area contributed by atoms with Crippen LogP contribution in [0.1, 0.15) is 54.7 Å². The van der Waals surface area contributed by atoms with Crippen molar-refractivity contribution in [3.63, 3.8) is 0 Å². The van der Waals surface area contributed by atoms with Gasteiger partial charge in [0.05, 0.1) is 33.4 Å². The smallest absolute Gasteiger partial charge is 0.173 e. The van der Waals surface area contributed by atoms with Crippen molar-refractivity contribution in [2.75, 3.05) is 47.5 Å². The molecule has 0 unspecified atom stereocenters. The van der Waals surface area contributed by atoms with Crippen molar-refractivity contribution in [1.82, 2.24) is 30.0 Å². The lowest BCUT2D eigenvalue weighted by Crippen LogP contribution is -2.48. The molecule has 0 amide bonds. The number of aromatic nitrogens is 4. The zero-order chi connectivity index (χ0) is 24.9. The fraction of sp³-hybridized carbons (Fsp3) is 0.519. The van der Waals surface area contributed by atoms with Crippen LogP contribution in [0.5, 0.6) is 17.2 Å². The average molecular weight is 493 g/mol. The summed E-state index contributed by atoms with van der Waals surface area (Å²) in [6.45, 7) is 4.59. The third-order valence-electron chi connectivity index (χ3n) is 7.52. The molecule has 36 heavy (non-hydrogen) atoms. The number of para-hydroxylation sites is 1. The molecule has 9 heteroatoms. The minimum absolute atomic E-state index is 0.0613. The maximum absolute atomic E-state index is 5.64. The van der Waals surface area contributed by atoms with Crippen molar-refractivity contribution in [1.29, 1.82) is 0 Å². The van der Waals surface area contributed by atoms with Crippen molar-refractivity contribution in [3.8, 4) is 17.2 Å². The molecule has 0 spiro atoms. The molecule has 2 heterocycles. The number of nitrogens with zero attached hydrogens (tertiary/aromatic N) is 6. The van der Waals surface area contributed by atoms with E-state index in [4.69, 9.17) is 14.2 Å². The third-order valence-corrected chi connectivity index (χ3v) is 7.52. The molecule has 0 radical (unpaired) electrons. The van der Waals surface area contributed by atoms with Crippen molar-refractivity contribution in [2.45, 2.75) is 44.3 Å². The van der Waals surface area contributed by atoms with Crippen LogP contribution in [0.15, 0.2) is 42.5 Å². The molecule has 1 aliphatic carbocycles. The highest BCUT2D eigenvalue weighted by atomic mass is 16.5. The summed E-state index contributed by atoms with van der Waals surface area (Å²) in [5.74, 6) is 3.29. The number of hydrogen-bond acceptors (Lipinski definition) is 8. The van der Waals surface area contributed by atoms with Crippen LogP contribution in [0.3, 0.4) is 0 Å². The van der Waals surface area contributed by atoms with Gasteiger partial charge >= 0.3 is 0 Å². The van der Waals surface area contributed by atoms with Gasteiger partial charge in [0.1, 0.15) is 5.75 Å². The second-order valence-electron chi connectivity index (χ2n) is 9.56. The van der Waals surface area contributed by atoms with Gasteiger partial charge in [-0.3, -0.25) is 9.80 Å². The SMILES string of the molecule is COc1ccccc1CN1CCN([C@@H](c2ccc(OC)c(OC)c2)c2nnnn2C2CCCC2)CC1. The molecule has 0 N–H and O–H groups in total. The molecule has 3 aromatic rings. The summed E-state index contributed by atoms with van der Waals surface area (Å²) in [6.07, 6.45) is 4.71. The Morgan fingerprint density at radius 3 is 2.31 bits per heavy atom. The van der Waals surface area contributed by atoms with Crippen molar-refractivity contribution in [2.24, 2.45) is 0 Å². The second kappa shape index (κ2) is 11.3. The number of ether oxygens (including phenoxy) is 3. The Hall–Kier alpha value is -3.17. The maximum atomic E-state index is 5.64. The molecule has 1 aliphatic heterocycles. The van der Waals surface area contributed by atoms with Crippen LogP contribution in [0.2, 0.25) is 0 Å². The molecule has 192 valence electrons. The summed E-state index contributed by atoms with van der Waals surface area (Å²) in [7, 11) is 5.07. The minimum atomic E-state index is -0.0613. The summed E-state index contributed by atoms with van der Waals surface area (Å²) < 4.78 is 18.8. The van der Waals surface area contributed by atoms with E-state index >= 15 is 0 Å². The quantitative estimate of drug-likeness (QED) is 0.447. The number of benzene rings is 2. The number of rotatable bonds is 9. The van der Waals surface area contributed by atoms with Crippen LogP contribution < -0.4 is 14.2 Å². The molecule has 2 fully saturated rings. The fourth-order valence-corrected chi connectivity index (χ4v) is 5.59. The summed E-state index contributed by atoms with van der Waals surface area (Å²) in [4.78, 5) is 4.98. The van der Waals surface area contributed by atoms with E-state index in [-0.39, 0.29) is 6.04 Å². The van der Waals surface area contributed by atoms with E-state index in [1.807, 2.05) is 18.2 Å². The number of methoxy groups -OCH3 is 3.